The van der Waals surface area contributed by atoms with Gasteiger partial charge < -0.3 is 9.80 Å². The Kier molecular flexibility index (Phi) is 4.59. The van der Waals surface area contributed by atoms with Crippen LogP contribution in [0.5, 0.6) is 0 Å². The second kappa shape index (κ2) is 6.61. The van der Waals surface area contributed by atoms with E-state index in [0.717, 1.165) is 32.6 Å². The average Bonchev–Trinajstić information content (AvgIpc) is 3.01. The van der Waals surface area contributed by atoms with Crippen molar-refractivity contribution in [1.29, 1.82) is 0 Å². The summed E-state index contributed by atoms with van der Waals surface area (Å²) in [5.41, 5.74) is 2.73. The molecule has 0 radical (unpaired) electrons. The minimum absolute atomic E-state index is 0.261. The Hall–Kier alpha value is -1.35. The zero-order chi connectivity index (χ0) is 14.7. The van der Waals surface area contributed by atoms with Gasteiger partial charge >= 0.3 is 0 Å². The first-order chi connectivity index (χ1) is 10.2. The van der Waals surface area contributed by atoms with Crippen LogP contribution in [0.1, 0.15) is 36.8 Å². The van der Waals surface area contributed by atoms with Crippen molar-refractivity contribution in [1.82, 2.24) is 4.90 Å². The summed E-state index contributed by atoms with van der Waals surface area (Å²) in [5, 5.41) is 0. The van der Waals surface area contributed by atoms with Crippen molar-refractivity contribution in [3.63, 3.8) is 0 Å². The normalized spacial score (nSPS) is 26.0. The monoisotopic (exact) mass is 287 g/mol. The van der Waals surface area contributed by atoms with Crippen molar-refractivity contribution in [2.75, 3.05) is 26.2 Å². The van der Waals surface area contributed by atoms with Gasteiger partial charge in [-0.25, -0.2) is 0 Å². The summed E-state index contributed by atoms with van der Waals surface area (Å²) in [6.07, 6.45) is 4.66. The number of nitrogens with one attached hydrogen (secondary N) is 1. The van der Waals surface area contributed by atoms with Crippen LogP contribution in [0.2, 0.25) is 0 Å². The highest BCUT2D eigenvalue weighted by atomic mass is 16.2. The third-order valence-corrected chi connectivity index (χ3v) is 4.92. The van der Waals surface area contributed by atoms with Gasteiger partial charge in [-0.15, -0.1) is 0 Å². The zero-order valence-electron chi connectivity index (χ0n) is 13.1. The molecule has 0 bridgehead atoms. The van der Waals surface area contributed by atoms with Crippen LogP contribution in [0.15, 0.2) is 24.3 Å². The lowest BCUT2D eigenvalue weighted by molar-refractivity contribution is -0.921. The van der Waals surface area contributed by atoms with Crippen LogP contribution in [0.3, 0.4) is 0 Å². The predicted octanol–water partition coefficient (Wildman–Crippen LogP) is 1.41. The Bertz CT molecular complexity index is 494. The molecule has 2 heterocycles. The van der Waals surface area contributed by atoms with E-state index in [1.54, 1.807) is 4.90 Å². The standard InChI is InChI=1S/C18H26N2O/c1-15-6-4-7-16(12-15)13-19-9-5-8-17(14-19)18(21)20-10-2-3-11-20/h4,6-7,12,17H,2-3,5,8-11,13-14H2,1H3/p+1/t17-/m0/s1. The lowest BCUT2D eigenvalue weighted by Crippen LogP contribution is -3.12. The van der Waals surface area contributed by atoms with E-state index in [9.17, 15) is 4.79 Å². The fourth-order valence-corrected chi connectivity index (χ4v) is 3.83. The van der Waals surface area contributed by atoms with Crippen molar-refractivity contribution >= 4 is 5.91 Å². The molecule has 3 nitrogen and oxygen atoms in total. The van der Waals surface area contributed by atoms with Crippen LogP contribution in [-0.4, -0.2) is 37.0 Å². The first-order valence-electron chi connectivity index (χ1n) is 8.40. The van der Waals surface area contributed by atoms with E-state index in [1.165, 1.54) is 36.9 Å². The number of quaternary nitrogens is 1. The number of nitrogens with zero attached hydrogens (tertiary/aromatic N) is 1. The van der Waals surface area contributed by atoms with Crippen LogP contribution in [0, 0.1) is 12.8 Å². The maximum Gasteiger partial charge on any atom is 0.231 e. The number of likely N-dealkylation sites (tertiary alicyclic amines) is 2. The van der Waals surface area contributed by atoms with Gasteiger partial charge in [-0.2, -0.15) is 0 Å². The molecular weight excluding hydrogens is 260 g/mol. The van der Waals surface area contributed by atoms with Gasteiger partial charge in [0, 0.05) is 18.7 Å². The predicted molar refractivity (Wildman–Crippen MR) is 84.1 cm³/mol. The molecule has 114 valence electrons. The Morgan fingerprint density at radius 2 is 2.10 bits per heavy atom. The van der Waals surface area contributed by atoms with E-state index in [4.69, 9.17) is 0 Å². The topological polar surface area (TPSA) is 24.8 Å². The van der Waals surface area contributed by atoms with Crippen molar-refractivity contribution in [2.24, 2.45) is 5.92 Å². The summed E-state index contributed by atoms with van der Waals surface area (Å²) in [6.45, 7) is 7.41. The van der Waals surface area contributed by atoms with Gasteiger partial charge in [0.15, 0.2) is 0 Å². The number of rotatable bonds is 3. The van der Waals surface area contributed by atoms with E-state index in [1.807, 2.05) is 0 Å². The first-order valence-corrected chi connectivity index (χ1v) is 8.40. The second-order valence-electron chi connectivity index (χ2n) is 6.74. The third-order valence-electron chi connectivity index (χ3n) is 4.92. The highest BCUT2D eigenvalue weighted by Gasteiger charge is 2.32. The Morgan fingerprint density at radius 3 is 2.86 bits per heavy atom. The fraction of sp³-hybridized carbons (Fsp3) is 0.611. The molecule has 1 unspecified atom stereocenters. The molecule has 2 fully saturated rings. The van der Waals surface area contributed by atoms with Crippen LogP contribution in [-0.2, 0) is 11.3 Å². The highest BCUT2D eigenvalue weighted by molar-refractivity contribution is 5.79. The molecule has 0 saturated carbocycles. The van der Waals surface area contributed by atoms with Crippen molar-refractivity contribution < 1.29 is 9.69 Å². The summed E-state index contributed by atoms with van der Waals surface area (Å²) < 4.78 is 0. The zero-order valence-corrected chi connectivity index (χ0v) is 13.1. The minimum atomic E-state index is 0.261. The van der Waals surface area contributed by atoms with E-state index in [-0.39, 0.29) is 5.92 Å². The lowest BCUT2D eigenvalue weighted by atomic mass is 9.96. The maximum atomic E-state index is 12.6. The molecule has 0 spiro atoms. The van der Waals surface area contributed by atoms with Gasteiger partial charge in [0.05, 0.1) is 19.0 Å². The van der Waals surface area contributed by atoms with E-state index in [0.29, 0.717) is 5.91 Å². The Balaban J connectivity index is 1.59. The highest BCUT2D eigenvalue weighted by Crippen LogP contribution is 2.16. The molecule has 1 amide bonds. The van der Waals surface area contributed by atoms with Gasteiger partial charge in [-0.1, -0.05) is 29.8 Å². The molecule has 2 aliphatic heterocycles. The first kappa shape index (κ1) is 14.6. The second-order valence-corrected chi connectivity index (χ2v) is 6.74. The van der Waals surface area contributed by atoms with Crippen LogP contribution >= 0.6 is 0 Å². The number of hydrogen-bond acceptors (Lipinski definition) is 1. The smallest absolute Gasteiger partial charge is 0.231 e. The van der Waals surface area contributed by atoms with Crippen molar-refractivity contribution in [2.45, 2.75) is 39.2 Å². The van der Waals surface area contributed by atoms with Crippen LogP contribution in [0.4, 0.5) is 0 Å². The summed E-state index contributed by atoms with van der Waals surface area (Å²) in [4.78, 5) is 16.2. The summed E-state index contributed by atoms with van der Waals surface area (Å²) in [5.74, 6) is 0.686. The van der Waals surface area contributed by atoms with E-state index < -0.39 is 0 Å². The third kappa shape index (κ3) is 3.65. The molecule has 1 aromatic carbocycles. The molecule has 0 aromatic heterocycles. The molecule has 2 atom stereocenters. The van der Waals surface area contributed by atoms with E-state index in [2.05, 4.69) is 36.1 Å². The molecule has 2 saturated heterocycles. The number of hydrogen-bond donors (Lipinski definition) is 1. The molecule has 3 heteroatoms. The summed E-state index contributed by atoms with van der Waals surface area (Å²) in [6, 6.07) is 8.78. The molecule has 21 heavy (non-hydrogen) atoms. The maximum absolute atomic E-state index is 12.6. The molecular formula is C18H27N2O+. The Labute approximate surface area is 127 Å². The van der Waals surface area contributed by atoms with Crippen molar-refractivity contribution in [3.05, 3.63) is 35.4 Å². The minimum Gasteiger partial charge on any atom is -0.342 e. The number of amides is 1. The molecule has 3 rings (SSSR count). The van der Waals surface area contributed by atoms with Crippen LogP contribution in [0.25, 0.3) is 0 Å². The molecule has 2 aliphatic rings. The van der Waals surface area contributed by atoms with Gasteiger partial charge in [-0.05, 0) is 32.6 Å². The van der Waals surface area contributed by atoms with E-state index >= 15 is 0 Å². The fourth-order valence-electron chi connectivity index (χ4n) is 3.83. The number of benzene rings is 1. The van der Waals surface area contributed by atoms with Gasteiger partial charge in [0.25, 0.3) is 0 Å². The van der Waals surface area contributed by atoms with Crippen LogP contribution < -0.4 is 4.90 Å². The van der Waals surface area contributed by atoms with Gasteiger partial charge in [0.2, 0.25) is 5.91 Å². The molecule has 1 N–H and O–H groups in total. The largest absolute Gasteiger partial charge is 0.342 e. The summed E-state index contributed by atoms with van der Waals surface area (Å²) in [7, 11) is 0. The lowest BCUT2D eigenvalue weighted by Gasteiger charge is -2.31. The number of aryl methyl sites for hydroxylation is 1. The Morgan fingerprint density at radius 1 is 1.29 bits per heavy atom. The van der Waals surface area contributed by atoms with Gasteiger partial charge in [-0.3, -0.25) is 4.79 Å². The van der Waals surface area contributed by atoms with Gasteiger partial charge in [0.1, 0.15) is 6.54 Å². The number of carbonyl (C=O) groups excluding carboxylic acids is 1. The van der Waals surface area contributed by atoms with Crippen molar-refractivity contribution in [3.8, 4) is 0 Å². The number of carbonyl (C=O) groups is 1. The molecule has 0 aliphatic carbocycles. The number of piperidine rings is 1. The SMILES string of the molecule is Cc1cccc(C[NH+]2CCC[C@H](C(=O)N3CCCC3)C2)c1. The molecule has 1 aromatic rings. The average molecular weight is 287 g/mol. The quantitative estimate of drug-likeness (QED) is 0.893. The summed E-state index contributed by atoms with van der Waals surface area (Å²) >= 11 is 0.